The monoisotopic (exact) mass is 906 g/mol. The molecule has 0 N–H and O–H groups in total. The molecule has 0 aliphatic rings. The number of halogens is 3. The second-order valence-corrected chi connectivity index (χ2v) is 22.4. The maximum absolute atomic E-state index is 16.0. The van der Waals surface area contributed by atoms with Crippen molar-refractivity contribution < 1.29 is 8.78 Å². The zero-order valence-electron chi connectivity index (χ0n) is 35.6. The molecule has 4 rings (SSSR count). The smallest absolute Gasteiger partial charge is 0.143 e. The Kier molecular flexibility index (Phi) is 23.1. The summed E-state index contributed by atoms with van der Waals surface area (Å²) in [5.74, 6) is 0.708. The van der Waals surface area contributed by atoms with Crippen LogP contribution in [-0.2, 0) is 12.8 Å². The van der Waals surface area contributed by atoms with Crippen molar-refractivity contribution in [1.82, 2.24) is 0 Å². The highest BCUT2D eigenvalue weighted by Crippen LogP contribution is 2.49. The average molecular weight is 908 g/mol. The Morgan fingerprint density at radius 2 is 0.804 bits per heavy atom. The number of hydrogen-bond donors (Lipinski definition) is 0. The van der Waals surface area contributed by atoms with Gasteiger partial charge in [0.1, 0.15) is 11.6 Å². The van der Waals surface area contributed by atoms with Crippen LogP contribution in [0.4, 0.5) is 8.78 Å². The van der Waals surface area contributed by atoms with Crippen LogP contribution < -0.4 is 0 Å². The van der Waals surface area contributed by atoms with Crippen LogP contribution in [0.5, 0.6) is 0 Å². The van der Waals surface area contributed by atoms with Crippen LogP contribution >= 0.6 is 61.3 Å². The molecule has 4 heterocycles. The maximum Gasteiger partial charge on any atom is 0.143 e. The number of unbranched alkanes of at least 4 members (excludes halogenated alkanes) is 16. The fourth-order valence-corrected chi connectivity index (χ4v) is 13.6. The first-order chi connectivity index (χ1) is 27.3. The van der Waals surface area contributed by atoms with Gasteiger partial charge in [-0.1, -0.05) is 182 Å². The molecule has 0 radical (unpaired) electrons. The third-order valence-electron chi connectivity index (χ3n) is 11.6. The Morgan fingerprint density at radius 3 is 1.23 bits per heavy atom. The Hall–Kier alpha value is -0.860. The molecular weight excluding hydrogens is 835 g/mol. The summed E-state index contributed by atoms with van der Waals surface area (Å²) in [6.45, 7) is 11.3. The minimum Gasteiger partial charge on any atom is -0.205 e. The molecule has 4 aromatic heterocycles. The molecule has 0 saturated heterocycles. The fraction of sp³-hybridized carbons (Fsp3) is 0.673. The number of rotatable bonds is 31. The molecule has 314 valence electrons. The Labute approximate surface area is 365 Å². The molecule has 0 aliphatic heterocycles. The summed E-state index contributed by atoms with van der Waals surface area (Å²) in [7, 11) is 0. The van der Waals surface area contributed by atoms with Gasteiger partial charge in [-0.25, -0.2) is 8.78 Å². The second-order valence-electron chi connectivity index (χ2n) is 16.6. The lowest BCUT2D eigenvalue weighted by Gasteiger charge is -2.17. The maximum atomic E-state index is 16.0. The zero-order chi connectivity index (χ0) is 40.1. The van der Waals surface area contributed by atoms with Crippen LogP contribution in [0.15, 0.2) is 28.1 Å². The van der Waals surface area contributed by atoms with E-state index < -0.39 is 0 Å². The van der Waals surface area contributed by atoms with E-state index >= 15 is 8.78 Å². The number of aryl methyl sites for hydroxylation is 1. The van der Waals surface area contributed by atoms with E-state index in [0.717, 1.165) is 31.3 Å². The molecule has 0 spiro atoms. The Balaban J connectivity index is 1.52. The van der Waals surface area contributed by atoms with Crippen molar-refractivity contribution in [2.24, 2.45) is 11.8 Å². The van der Waals surface area contributed by atoms with Crippen LogP contribution in [0.1, 0.15) is 198 Å². The highest BCUT2D eigenvalue weighted by atomic mass is 79.9. The van der Waals surface area contributed by atoms with Gasteiger partial charge in [0.2, 0.25) is 0 Å². The average Bonchev–Trinajstić information content (AvgIpc) is 3.95. The van der Waals surface area contributed by atoms with E-state index in [0.29, 0.717) is 21.6 Å². The van der Waals surface area contributed by atoms with Crippen molar-refractivity contribution >= 4 is 61.3 Å². The summed E-state index contributed by atoms with van der Waals surface area (Å²) in [5.41, 5.74) is 2.68. The molecule has 0 aromatic carbocycles. The molecule has 0 amide bonds. The van der Waals surface area contributed by atoms with Gasteiger partial charge in [-0.15, -0.1) is 45.3 Å². The van der Waals surface area contributed by atoms with Gasteiger partial charge in [0, 0.05) is 24.4 Å². The van der Waals surface area contributed by atoms with E-state index in [1.807, 2.05) is 0 Å². The lowest BCUT2D eigenvalue weighted by molar-refractivity contribution is 0.403. The predicted molar refractivity (Wildman–Crippen MR) is 255 cm³/mol. The lowest BCUT2D eigenvalue weighted by atomic mass is 9.88. The fourth-order valence-electron chi connectivity index (χ4n) is 8.42. The Morgan fingerprint density at radius 1 is 0.446 bits per heavy atom. The van der Waals surface area contributed by atoms with Gasteiger partial charge in [-0.3, -0.25) is 0 Å². The second kappa shape index (κ2) is 27.1. The van der Waals surface area contributed by atoms with Gasteiger partial charge in [0.25, 0.3) is 0 Å². The molecule has 0 saturated carbocycles. The molecule has 2 unspecified atom stereocenters. The standard InChI is InChI=1S/C49H73BrF2S4/c1-6-10-14-18-20-24-28-37(26-22-16-12-8-3)31-39-30-36(5)53-46(39)43-34-41(51)48(54-43)49-42(52)35-44(55-49)47-40(33-45(50)56-47)32-38(27-23-17-13-9-4)29-25-21-19-15-11-7-2/h30,33-35,37-38H,6-29,31-32H2,1-5H3. The highest BCUT2D eigenvalue weighted by molar-refractivity contribution is 9.11. The van der Waals surface area contributed by atoms with E-state index in [2.05, 4.69) is 62.7 Å². The first-order valence-corrected chi connectivity index (χ1v) is 26.8. The highest BCUT2D eigenvalue weighted by Gasteiger charge is 2.25. The molecule has 0 aliphatic carbocycles. The van der Waals surface area contributed by atoms with E-state index in [-0.39, 0.29) is 11.6 Å². The SMILES string of the molecule is CCCCCCCCC(CCCCCC)Cc1cc(C)sc1-c1cc(F)c(-c2sc(-c3sc(Br)cc3CC(CCCCCC)CCCCCCCC)cc2F)s1. The van der Waals surface area contributed by atoms with Crippen LogP contribution in [-0.4, -0.2) is 0 Å². The molecule has 0 nitrogen and oxygen atoms in total. The molecular formula is C49H73BrF2S4. The molecule has 56 heavy (non-hydrogen) atoms. The van der Waals surface area contributed by atoms with Crippen LogP contribution in [0.3, 0.4) is 0 Å². The van der Waals surface area contributed by atoms with Crippen molar-refractivity contribution in [2.45, 2.75) is 202 Å². The van der Waals surface area contributed by atoms with Gasteiger partial charge in [-0.05, 0) is 82.9 Å². The Bertz CT molecular complexity index is 1520. The number of hydrogen-bond acceptors (Lipinski definition) is 4. The molecule has 0 bridgehead atoms. The number of thiophene rings is 4. The lowest BCUT2D eigenvalue weighted by Crippen LogP contribution is -2.05. The van der Waals surface area contributed by atoms with E-state index in [1.54, 1.807) is 34.8 Å². The van der Waals surface area contributed by atoms with Gasteiger partial charge in [0.15, 0.2) is 0 Å². The van der Waals surface area contributed by atoms with Gasteiger partial charge in [0.05, 0.1) is 13.5 Å². The van der Waals surface area contributed by atoms with Crippen molar-refractivity contribution in [3.63, 3.8) is 0 Å². The molecule has 7 heteroatoms. The van der Waals surface area contributed by atoms with Gasteiger partial charge >= 0.3 is 0 Å². The van der Waals surface area contributed by atoms with Crippen molar-refractivity contribution in [1.29, 1.82) is 0 Å². The van der Waals surface area contributed by atoms with Crippen molar-refractivity contribution in [2.75, 3.05) is 0 Å². The van der Waals surface area contributed by atoms with E-state index in [9.17, 15) is 0 Å². The minimum absolute atomic E-state index is 0.295. The van der Waals surface area contributed by atoms with E-state index in [4.69, 9.17) is 0 Å². The quantitative estimate of drug-likeness (QED) is 0.0442. The summed E-state index contributed by atoms with van der Waals surface area (Å²) >= 11 is 10.2. The topological polar surface area (TPSA) is 0 Å². The first-order valence-electron chi connectivity index (χ1n) is 22.7. The molecule has 0 fully saturated rings. The summed E-state index contributed by atoms with van der Waals surface area (Å²) in [4.78, 5) is 6.38. The molecule has 4 aromatic rings. The summed E-state index contributed by atoms with van der Waals surface area (Å²) < 4.78 is 33.1. The molecule has 2 atom stereocenters. The third-order valence-corrected chi connectivity index (χ3v) is 17.1. The summed E-state index contributed by atoms with van der Waals surface area (Å²) in [6.07, 6.45) is 33.4. The van der Waals surface area contributed by atoms with Crippen molar-refractivity contribution in [3.8, 4) is 29.3 Å². The third kappa shape index (κ3) is 16.0. The van der Waals surface area contributed by atoms with Crippen LogP contribution in [0.25, 0.3) is 29.3 Å². The normalized spacial score (nSPS) is 12.9. The summed E-state index contributed by atoms with van der Waals surface area (Å²) in [5, 5.41) is 0. The zero-order valence-corrected chi connectivity index (χ0v) is 40.5. The van der Waals surface area contributed by atoms with Crippen LogP contribution in [0.2, 0.25) is 0 Å². The van der Waals surface area contributed by atoms with Crippen molar-refractivity contribution in [3.05, 3.63) is 55.7 Å². The minimum atomic E-state index is -0.301. The van der Waals surface area contributed by atoms with Gasteiger partial charge < -0.3 is 0 Å². The summed E-state index contributed by atoms with van der Waals surface area (Å²) in [6, 6.07) is 7.99. The largest absolute Gasteiger partial charge is 0.205 e. The predicted octanol–water partition coefficient (Wildman–Crippen LogP) is 20.0. The van der Waals surface area contributed by atoms with E-state index in [1.165, 1.54) is 198 Å². The van der Waals surface area contributed by atoms with Gasteiger partial charge in [-0.2, -0.15) is 0 Å². The van der Waals surface area contributed by atoms with Crippen LogP contribution in [0, 0.1) is 30.4 Å². The first kappa shape index (κ1) is 47.8.